The lowest BCUT2D eigenvalue weighted by Gasteiger charge is -2.47. The number of aliphatic hydroxyl groups excluding tert-OH is 1. The normalized spacial score (nSPS) is 36.6. The fourth-order valence-electron chi connectivity index (χ4n) is 7.71. The molecule has 0 amide bonds. The summed E-state index contributed by atoms with van der Waals surface area (Å²) in [4.78, 5) is 45.3. The smallest absolute Gasteiger partial charge is 0.319 e. The Morgan fingerprint density at radius 1 is 1.10 bits per heavy atom. The first-order chi connectivity index (χ1) is 22.6. The SMILES string of the molecule is CO[C@]1(C)C[C@@H](C)CN(C)[C@H](CN2CCN(c3ccncn3)CC2)COC(=O)C(C)(C)C(=O)[C@H](C)[C@H]1O[C@@H]1O[C@H](C)C[C@H](N(C)C)[C@H]1O. The van der Waals surface area contributed by atoms with Crippen LogP contribution in [0, 0.1) is 17.3 Å². The van der Waals surface area contributed by atoms with Crippen LogP contribution in [0.4, 0.5) is 5.82 Å². The molecule has 1 aromatic heterocycles. The Balaban J connectivity index is 1.57. The molecule has 3 aliphatic rings. The van der Waals surface area contributed by atoms with Crippen molar-refractivity contribution in [2.75, 3.05) is 79.0 Å². The van der Waals surface area contributed by atoms with Gasteiger partial charge in [-0.2, -0.15) is 0 Å². The van der Waals surface area contributed by atoms with Crippen LogP contribution in [0.1, 0.15) is 54.4 Å². The zero-order valence-electron chi connectivity index (χ0n) is 30.8. The first kappa shape index (κ1) is 38.5. The van der Waals surface area contributed by atoms with Crippen molar-refractivity contribution in [1.29, 1.82) is 0 Å². The highest BCUT2D eigenvalue weighted by molar-refractivity contribution is 6.04. The lowest BCUT2D eigenvalue weighted by atomic mass is 9.74. The first-order valence-electron chi connectivity index (χ1n) is 17.4. The number of rotatable bonds is 7. The average molecular weight is 677 g/mol. The molecule has 0 aromatic carbocycles. The third-order valence-corrected chi connectivity index (χ3v) is 10.7. The number of carbonyl (C=O) groups is 2. The van der Waals surface area contributed by atoms with E-state index in [1.807, 2.05) is 38.9 Å². The second-order valence-corrected chi connectivity index (χ2v) is 15.3. The molecule has 0 spiro atoms. The first-order valence-corrected chi connectivity index (χ1v) is 17.4. The topological polar surface area (TPSA) is 130 Å². The fourth-order valence-corrected chi connectivity index (χ4v) is 7.71. The molecule has 0 bridgehead atoms. The number of aromatic nitrogens is 2. The Kier molecular flexibility index (Phi) is 13.0. The summed E-state index contributed by atoms with van der Waals surface area (Å²) in [7, 11) is 7.55. The summed E-state index contributed by atoms with van der Waals surface area (Å²) in [6.45, 7) is 16.1. The van der Waals surface area contributed by atoms with E-state index in [-0.39, 0.29) is 36.5 Å². The minimum absolute atomic E-state index is 0.0813. The van der Waals surface area contributed by atoms with Crippen molar-refractivity contribution in [2.45, 2.75) is 96.7 Å². The van der Waals surface area contributed by atoms with Gasteiger partial charge in [0.25, 0.3) is 0 Å². The van der Waals surface area contributed by atoms with Gasteiger partial charge in [0.15, 0.2) is 12.1 Å². The van der Waals surface area contributed by atoms with Crippen LogP contribution in [0.5, 0.6) is 0 Å². The van der Waals surface area contributed by atoms with Crippen LogP contribution in [0.2, 0.25) is 0 Å². The van der Waals surface area contributed by atoms with E-state index in [2.05, 4.69) is 38.6 Å². The maximum absolute atomic E-state index is 14.3. The van der Waals surface area contributed by atoms with Crippen LogP contribution in [-0.2, 0) is 28.5 Å². The lowest BCUT2D eigenvalue weighted by molar-refractivity contribution is -0.295. The molecule has 272 valence electrons. The molecule has 4 rings (SSSR count). The van der Waals surface area contributed by atoms with Gasteiger partial charge < -0.3 is 33.9 Å². The molecular formula is C35H60N6O7. The highest BCUT2D eigenvalue weighted by Crippen LogP contribution is 2.38. The van der Waals surface area contributed by atoms with Crippen molar-refractivity contribution in [2.24, 2.45) is 17.3 Å². The maximum Gasteiger partial charge on any atom is 0.319 e. The van der Waals surface area contributed by atoms with Crippen molar-refractivity contribution in [1.82, 2.24) is 24.7 Å². The second-order valence-electron chi connectivity index (χ2n) is 15.3. The number of hydrogen-bond donors (Lipinski definition) is 1. The van der Waals surface area contributed by atoms with Crippen LogP contribution in [0.15, 0.2) is 18.6 Å². The molecule has 0 saturated carbocycles. The van der Waals surface area contributed by atoms with Crippen LogP contribution in [0.3, 0.4) is 0 Å². The predicted molar refractivity (Wildman–Crippen MR) is 183 cm³/mol. The van der Waals surface area contributed by atoms with E-state index >= 15 is 0 Å². The monoisotopic (exact) mass is 676 g/mol. The largest absolute Gasteiger partial charge is 0.463 e. The molecule has 1 N–H and O–H groups in total. The molecule has 0 unspecified atom stereocenters. The molecule has 3 saturated heterocycles. The van der Waals surface area contributed by atoms with Crippen molar-refractivity contribution in [3.63, 3.8) is 0 Å². The van der Waals surface area contributed by atoms with Crippen molar-refractivity contribution < 1.29 is 33.6 Å². The van der Waals surface area contributed by atoms with Gasteiger partial charge in [-0.05, 0) is 73.7 Å². The van der Waals surface area contributed by atoms with E-state index < -0.39 is 41.4 Å². The van der Waals surface area contributed by atoms with E-state index in [0.29, 0.717) is 25.9 Å². The second kappa shape index (κ2) is 16.2. The Morgan fingerprint density at radius 2 is 1.79 bits per heavy atom. The quantitative estimate of drug-likeness (QED) is 0.334. The Hall–Kier alpha value is -2.26. The maximum atomic E-state index is 14.3. The Labute approximate surface area is 287 Å². The van der Waals surface area contributed by atoms with Gasteiger partial charge in [-0.1, -0.05) is 13.8 Å². The van der Waals surface area contributed by atoms with Gasteiger partial charge in [-0.15, -0.1) is 0 Å². The lowest BCUT2D eigenvalue weighted by Crippen LogP contribution is -2.59. The van der Waals surface area contributed by atoms with Crippen LogP contribution >= 0.6 is 0 Å². The molecule has 0 aliphatic carbocycles. The minimum atomic E-state index is -1.44. The third kappa shape index (κ3) is 8.90. The summed E-state index contributed by atoms with van der Waals surface area (Å²) in [5.74, 6) is -0.586. The van der Waals surface area contributed by atoms with Crippen molar-refractivity contribution in [3.8, 4) is 0 Å². The Morgan fingerprint density at radius 3 is 2.40 bits per heavy atom. The van der Waals surface area contributed by atoms with Gasteiger partial charge in [0.05, 0.1) is 23.9 Å². The average Bonchev–Trinajstić information content (AvgIpc) is 3.05. The van der Waals surface area contributed by atoms with Crippen molar-refractivity contribution in [3.05, 3.63) is 18.6 Å². The molecule has 48 heavy (non-hydrogen) atoms. The molecule has 9 atom stereocenters. The molecule has 0 radical (unpaired) electrons. The summed E-state index contributed by atoms with van der Waals surface area (Å²) < 4.78 is 25.0. The number of nitrogens with zero attached hydrogens (tertiary/aromatic N) is 6. The van der Waals surface area contributed by atoms with E-state index in [9.17, 15) is 14.7 Å². The van der Waals surface area contributed by atoms with Gasteiger partial charge >= 0.3 is 5.97 Å². The zero-order chi connectivity index (χ0) is 35.4. The van der Waals surface area contributed by atoms with Gasteiger partial charge in [-0.25, -0.2) is 9.97 Å². The Bertz CT molecular complexity index is 1200. The third-order valence-electron chi connectivity index (χ3n) is 10.7. The number of Topliss-reactive ketones (excluding diaryl/α,β-unsaturated/α-hetero) is 1. The van der Waals surface area contributed by atoms with Gasteiger partial charge in [-0.3, -0.25) is 19.4 Å². The molecule has 13 nitrogen and oxygen atoms in total. The molecular weight excluding hydrogens is 616 g/mol. The molecule has 3 fully saturated rings. The summed E-state index contributed by atoms with van der Waals surface area (Å²) in [6, 6.07) is 1.67. The number of likely N-dealkylation sites (N-methyl/N-ethyl adjacent to an activating group) is 2. The number of ether oxygens (including phenoxy) is 4. The van der Waals surface area contributed by atoms with E-state index in [0.717, 1.165) is 32.0 Å². The van der Waals surface area contributed by atoms with Crippen LogP contribution in [-0.4, -0.2) is 158 Å². The highest BCUT2D eigenvalue weighted by Gasteiger charge is 2.51. The molecule has 3 aliphatic heterocycles. The summed E-state index contributed by atoms with van der Waals surface area (Å²) in [5, 5.41) is 11.3. The zero-order valence-corrected chi connectivity index (χ0v) is 30.8. The highest BCUT2D eigenvalue weighted by atomic mass is 16.7. The number of piperazine rings is 1. The molecule has 1 aromatic rings. The van der Waals surface area contributed by atoms with Gasteiger partial charge in [0, 0.05) is 64.5 Å². The number of esters is 1. The number of methoxy groups -OCH3 is 1. The van der Waals surface area contributed by atoms with Gasteiger partial charge in [0.1, 0.15) is 30.3 Å². The van der Waals surface area contributed by atoms with E-state index in [1.54, 1.807) is 40.4 Å². The van der Waals surface area contributed by atoms with Crippen LogP contribution in [0.25, 0.3) is 0 Å². The predicted octanol–water partition coefficient (Wildman–Crippen LogP) is 1.93. The van der Waals surface area contributed by atoms with E-state index in [1.165, 1.54) is 0 Å². The number of aliphatic hydroxyl groups is 1. The minimum Gasteiger partial charge on any atom is -0.463 e. The summed E-state index contributed by atoms with van der Waals surface area (Å²) in [6.07, 6.45) is 1.67. The summed E-state index contributed by atoms with van der Waals surface area (Å²) in [5.41, 5.74) is -2.37. The van der Waals surface area contributed by atoms with Gasteiger partial charge in [0.2, 0.25) is 0 Å². The number of carbonyl (C=O) groups excluding carboxylic acids is 2. The number of hydrogen-bond acceptors (Lipinski definition) is 13. The fraction of sp³-hybridized carbons (Fsp3) is 0.829. The number of anilines is 1. The standard InChI is InChI=1S/C35H60N6O7/c1-23-18-35(6,45-10)31(48-32-29(42)27(38(7)8)17-24(2)47-32)25(3)30(43)34(4,5)33(44)46-21-26(39(9)19-23)20-40-13-15-41(16-14-40)28-11-12-36-22-37-28/h11-12,22-27,29,31-32,42H,13-21H2,1-10H3/t23-,24-,25+,26-,27+,29-,31-,32+,35-/m1/s1. The molecule has 13 heteroatoms. The molecule has 4 heterocycles. The van der Waals surface area contributed by atoms with E-state index in [4.69, 9.17) is 18.9 Å². The summed E-state index contributed by atoms with van der Waals surface area (Å²) >= 11 is 0. The van der Waals surface area contributed by atoms with Crippen molar-refractivity contribution >= 4 is 17.6 Å². The number of cyclic esters (lactones) is 1. The number of ketones is 1. The van der Waals surface area contributed by atoms with Crippen LogP contribution < -0.4 is 4.90 Å².